The summed E-state index contributed by atoms with van der Waals surface area (Å²) >= 11 is 0. The summed E-state index contributed by atoms with van der Waals surface area (Å²) in [4.78, 5) is 24.8. The molecule has 1 aromatic carbocycles. The van der Waals surface area contributed by atoms with Gasteiger partial charge in [0.15, 0.2) is 9.84 Å². The van der Waals surface area contributed by atoms with Crippen molar-refractivity contribution >= 4 is 33.1 Å². The van der Waals surface area contributed by atoms with Crippen LogP contribution in [0.1, 0.15) is 16.8 Å². The molecule has 112 valence electrons. The smallest absolute Gasteiger partial charge is 0.335 e. The van der Waals surface area contributed by atoms with Crippen LogP contribution < -0.4 is 10.2 Å². The first-order chi connectivity index (χ1) is 9.85. The maximum atomic E-state index is 11.9. The van der Waals surface area contributed by atoms with Crippen molar-refractivity contribution in [3.63, 3.8) is 0 Å². The van der Waals surface area contributed by atoms with Gasteiger partial charge in [0.25, 0.3) is 0 Å². The van der Waals surface area contributed by atoms with Crippen molar-refractivity contribution < 1.29 is 23.1 Å². The molecule has 2 N–H and O–H groups in total. The van der Waals surface area contributed by atoms with Gasteiger partial charge in [-0.2, -0.15) is 0 Å². The SMILES string of the molecule is O=C1CC2CS(=O)(=O)CCN2c2cc(C(=O)O)ccc2N1. The Kier molecular flexibility index (Phi) is 3.12. The van der Waals surface area contributed by atoms with E-state index >= 15 is 0 Å². The van der Waals surface area contributed by atoms with Gasteiger partial charge >= 0.3 is 5.97 Å². The van der Waals surface area contributed by atoms with Crippen LogP contribution in [-0.4, -0.2) is 49.5 Å². The molecule has 0 bridgehead atoms. The molecule has 21 heavy (non-hydrogen) atoms. The van der Waals surface area contributed by atoms with Gasteiger partial charge < -0.3 is 15.3 Å². The first-order valence-corrected chi connectivity index (χ1v) is 8.32. The topological polar surface area (TPSA) is 104 Å². The minimum Gasteiger partial charge on any atom is -0.478 e. The van der Waals surface area contributed by atoms with Crippen LogP contribution in [0.2, 0.25) is 0 Å². The number of rotatable bonds is 1. The van der Waals surface area contributed by atoms with Crippen LogP contribution in [0, 0.1) is 0 Å². The number of anilines is 2. The lowest BCUT2D eigenvalue weighted by Gasteiger charge is -2.35. The second-order valence-corrected chi connectivity index (χ2v) is 7.48. The second kappa shape index (κ2) is 4.73. The quantitative estimate of drug-likeness (QED) is 0.775. The summed E-state index contributed by atoms with van der Waals surface area (Å²) in [6.45, 7) is 0.262. The van der Waals surface area contributed by atoms with Crippen molar-refractivity contribution in [1.82, 2.24) is 0 Å². The van der Waals surface area contributed by atoms with Gasteiger partial charge in [0.1, 0.15) is 0 Å². The first kappa shape index (κ1) is 13.9. The molecule has 1 saturated heterocycles. The monoisotopic (exact) mass is 310 g/mol. The lowest BCUT2D eigenvalue weighted by Crippen LogP contribution is -2.49. The number of sulfone groups is 1. The molecule has 1 fully saturated rings. The molecule has 0 saturated carbocycles. The zero-order chi connectivity index (χ0) is 15.2. The zero-order valence-corrected chi connectivity index (χ0v) is 11.9. The molecule has 0 spiro atoms. The van der Waals surface area contributed by atoms with Crippen LogP contribution in [0.15, 0.2) is 18.2 Å². The molecular formula is C13H14N2O5S. The summed E-state index contributed by atoms with van der Waals surface area (Å²) in [5.74, 6) is -1.40. The number of benzene rings is 1. The van der Waals surface area contributed by atoms with Gasteiger partial charge in [-0.25, -0.2) is 13.2 Å². The van der Waals surface area contributed by atoms with Gasteiger partial charge in [-0.15, -0.1) is 0 Å². The lowest BCUT2D eigenvalue weighted by atomic mass is 10.1. The molecular weight excluding hydrogens is 296 g/mol. The van der Waals surface area contributed by atoms with Crippen LogP contribution in [-0.2, 0) is 14.6 Å². The highest BCUT2D eigenvalue weighted by atomic mass is 32.2. The molecule has 2 heterocycles. The summed E-state index contributed by atoms with van der Waals surface area (Å²) in [5, 5.41) is 11.8. The average Bonchev–Trinajstić information content (AvgIpc) is 2.51. The highest BCUT2D eigenvalue weighted by molar-refractivity contribution is 7.91. The van der Waals surface area contributed by atoms with Crippen LogP contribution in [0.4, 0.5) is 11.4 Å². The number of carbonyl (C=O) groups excluding carboxylic acids is 1. The Balaban J connectivity index is 2.08. The lowest BCUT2D eigenvalue weighted by molar-refractivity contribution is -0.116. The third kappa shape index (κ3) is 2.58. The largest absolute Gasteiger partial charge is 0.478 e. The predicted octanol–water partition coefficient (Wildman–Crippen LogP) is 0.330. The standard InChI is InChI=1S/C13H14N2O5S/c16-12-6-9-7-21(19,20)4-3-15(9)11-5-8(13(17)18)1-2-10(11)14-12/h1-2,5,9H,3-4,6-7H2,(H,14,16)(H,17,18). The zero-order valence-electron chi connectivity index (χ0n) is 11.1. The first-order valence-electron chi connectivity index (χ1n) is 6.50. The number of carboxylic acids is 1. The van der Waals surface area contributed by atoms with E-state index < -0.39 is 21.8 Å². The van der Waals surface area contributed by atoms with E-state index in [0.717, 1.165) is 0 Å². The number of hydrogen-bond donors (Lipinski definition) is 2. The second-order valence-electron chi connectivity index (χ2n) is 5.25. The van der Waals surface area contributed by atoms with Crippen molar-refractivity contribution in [3.05, 3.63) is 23.8 Å². The summed E-state index contributed by atoms with van der Waals surface area (Å²) < 4.78 is 23.5. The number of aromatic carboxylic acids is 1. The molecule has 8 heteroatoms. The van der Waals surface area contributed by atoms with Crippen LogP contribution in [0.25, 0.3) is 0 Å². The van der Waals surface area contributed by atoms with E-state index in [2.05, 4.69) is 5.32 Å². The van der Waals surface area contributed by atoms with Crippen LogP contribution in [0.5, 0.6) is 0 Å². The molecule has 1 aromatic rings. The van der Waals surface area contributed by atoms with Crippen molar-refractivity contribution in [2.75, 3.05) is 28.3 Å². The third-order valence-electron chi connectivity index (χ3n) is 3.78. The van der Waals surface area contributed by atoms with Crippen LogP contribution >= 0.6 is 0 Å². The van der Waals surface area contributed by atoms with Crippen molar-refractivity contribution in [2.24, 2.45) is 0 Å². The van der Waals surface area contributed by atoms with Crippen molar-refractivity contribution in [2.45, 2.75) is 12.5 Å². The summed E-state index contributed by atoms with van der Waals surface area (Å²) in [6.07, 6.45) is 0.0797. The predicted molar refractivity (Wildman–Crippen MR) is 76.4 cm³/mol. The van der Waals surface area contributed by atoms with Gasteiger partial charge in [-0.05, 0) is 18.2 Å². The molecule has 0 radical (unpaired) electrons. The normalized spacial score (nSPS) is 23.5. The molecule has 1 unspecified atom stereocenters. The van der Waals surface area contributed by atoms with Gasteiger partial charge in [0.05, 0.1) is 34.5 Å². The molecule has 1 amide bonds. The summed E-state index contributed by atoms with van der Waals surface area (Å²) in [7, 11) is -3.16. The highest BCUT2D eigenvalue weighted by Gasteiger charge is 2.36. The Morgan fingerprint density at radius 2 is 2.14 bits per heavy atom. The Labute approximate surface area is 121 Å². The highest BCUT2D eigenvalue weighted by Crippen LogP contribution is 2.34. The number of fused-ring (bicyclic) bond motifs is 3. The van der Waals surface area contributed by atoms with E-state index in [-0.39, 0.29) is 35.9 Å². The fraction of sp³-hybridized carbons (Fsp3) is 0.385. The molecule has 2 aliphatic heterocycles. The average molecular weight is 310 g/mol. The van der Waals surface area contributed by atoms with E-state index in [1.54, 1.807) is 6.07 Å². The van der Waals surface area contributed by atoms with E-state index in [9.17, 15) is 18.0 Å². The number of carboxylic acid groups (broad SMARTS) is 1. The molecule has 1 atom stereocenters. The van der Waals surface area contributed by atoms with Gasteiger partial charge in [0.2, 0.25) is 5.91 Å². The van der Waals surface area contributed by atoms with E-state index in [0.29, 0.717) is 11.4 Å². The Bertz CT molecular complexity index is 728. The third-order valence-corrected chi connectivity index (χ3v) is 5.48. The number of carbonyl (C=O) groups is 2. The summed E-state index contributed by atoms with van der Waals surface area (Å²) in [5.41, 5.74) is 1.20. The van der Waals surface area contributed by atoms with E-state index in [1.807, 2.05) is 4.90 Å². The molecule has 2 aliphatic rings. The molecule has 3 rings (SSSR count). The fourth-order valence-electron chi connectivity index (χ4n) is 2.80. The molecule has 0 aromatic heterocycles. The molecule has 0 aliphatic carbocycles. The minimum absolute atomic E-state index is 0.00836. The van der Waals surface area contributed by atoms with Gasteiger partial charge in [-0.1, -0.05) is 0 Å². The molecule has 7 nitrogen and oxygen atoms in total. The number of amides is 1. The van der Waals surface area contributed by atoms with Gasteiger partial charge in [0, 0.05) is 13.0 Å². The number of hydrogen-bond acceptors (Lipinski definition) is 5. The van der Waals surface area contributed by atoms with Crippen molar-refractivity contribution in [3.8, 4) is 0 Å². The van der Waals surface area contributed by atoms with E-state index in [4.69, 9.17) is 5.11 Å². The summed E-state index contributed by atoms with van der Waals surface area (Å²) in [6, 6.07) is 3.99. The Hall–Kier alpha value is -2.09. The van der Waals surface area contributed by atoms with E-state index in [1.165, 1.54) is 12.1 Å². The number of nitrogens with one attached hydrogen (secondary N) is 1. The maximum absolute atomic E-state index is 11.9. The maximum Gasteiger partial charge on any atom is 0.335 e. The Morgan fingerprint density at radius 3 is 2.86 bits per heavy atom. The fourth-order valence-corrected chi connectivity index (χ4v) is 4.32. The Morgan fingerprint density at radius 1 is 1.38 bits per heavy atom. The minimum atomic E-state index is -3.16. The van der Waals surface area contributed by atoms with Gasteiger partial charge in [-0.3, -0.25) is 4.79 Å². The van der Waals surface area contributed by atoms with Crippen LogP contribution in [0.3, 0.4) is 0 Å². The van der Waals surface area contributed by atoms with Crippen molar-refractivity contribution in [1.29, 1.82) is 0 Å². The number of nitrogens with zero attached hydrogens (tertiary/aromatic N) is 1.